The lowest BCUT2D eigenvalue weighted by Crippen LogP contribution is -2.42. The average molecular weight is 375 g/mol. The summed E-state index contributed by atoms with van der Waals surface area (Å²) in [6.45, 7) is 1.91. The number of thioether (sulfide) groups is 1. The average Bonchev–Trinajstić information content (AvgIpc) is 3.15. The molecule has 0 unspecified atom stereocenters. The van der Waals surface area contributed by atoms with Crippen LogP contribution in [0.3, 0.4) is 0 Å². The number of carbonyl (C=O) groups excluding carboxylic acids is 1. The van der Waals surface area contributed by atoms with Gasteiger partial charge in [-0.1, -0.05) is 43.2 Å². The first kappa shape index (κ1) is 18.7. The quantitative estimate of drug-likeness (QED) is 0.723. The second-order valence-electron chi connectivity index (χ2n) is 6.55. The predicted octanol–water partition coefficient (Wildman–Crippen LogP) is 2.94. The predicted molar refractivity (Wildman–Crippen MR) is 101 cm³/mol. The summed E-state index contributed by atoms with van der Waals surface area (Å²) in [5, 5.41) is 12.3. The van der Waals surface area contributed by atoms with Crippen molar-refractivity contribution in [2.24, 2.45) is 0 Å². The summed E-state index contributed by atoms with van der Waals surface area (Å²) in [4.78, 5) is 14.8. The second-order valence-corrected chi connectivity index (χ2v) is 7.85. The van der Waals surface area contributed by atoms with Gasteiger partial charge in [-0.3, -0.25) is 4.79 Å². The molecule has 1 aromatic heterocycles. The van der Waals surface area contributed by atoms with Gasteiger partial charge >= 0.3 is 0 Å². The van der Waals surface area contributed by atoms with Gasteiger partial charge in [0.2, 0.25) is 11.1 Å². The van der Waals surface area contributed by atoms with Crippen LogP contribution in [0.25, 0.3) is 5.69 Å². The smallest absolute Gasteiger partial charge is 0.235 e. The Labute approximate surface area is 158 Å². The maximum atomic E-state index is 12.8. The van der Waals surface area contributed by atoms with Crippen molar-refractivity contribution in [1.29, 1.82) is 0 Å². The van der Waals surface area contributed by atoms with Crippen molar-refractivity contribution in [2.45, 2.75) is 55.5 Å². The molecule has 0 aliphatic heterocycles. The number of tetrazole rings is 1. The minimum absolute atomic E-state index is 0.122. The van der Waals surface area contributed by atoms with Crippen LogP contribution in [0.1, 0.15) is 39.0 Å². The molecule has 1 aliphatic rings. The highest BCUT2D eigenvalue weighted by atomic mass is 32.2. The molecule has 26 heavy (non-hydrogen) atoms. The lowest BCUT2D eigenvalue weighted by Gasteiger charge is -2.32. The third-order valence-electron chi connectivity index (χ3n) is 4.85. The number of aromatic nitrogens is 4. The van der Waals surface area contributed by atoms with Gasteiger partial charge in [-0.25, -0.2) is 0 Å². The van der Waals surface area contributed by atoms with Crippen molar-refractivity contribution < 1.29 is 9.53 Å². The van der Waals surface area contributed by atoms with E-state index in [0.29, 0.717) is 16.9 Å². The third kappa shape index (κ3) is 4.00. The summed E-state index contributed by atoms with van der Waals surface area (Å²) in [6, 6.07) is 7.89. The van der Waals surface area contributed by atoms with E-state index in [2.05, 4.69) is 15.5 Å². The number of hydrogen-bond acceptors (Lipinski definition) is 6. The highest BCUT2D eigenvalue weighted by molar-refractivity contribution is 8.00. The fraction of sp³-hybridized carbons (Fsp3) is 0.556. The van der Waals surface area contributed by atoms with Crippen LogP contribution in [0.2, 0.25) is 0 Å². The number of hydrogen-bond donors (Lipinski definition) is 0. The van der Waals surface area contributed by atoms with Crippen LogP contribution < -0.4 is 4.74 Å². The summed E-state index contributed by atoms with van der Waals surface area (Å²) < 4.78 is 7.01. The van der Waals surface area contributed by atoms with Gasteiger partial charge in [-0.05, 0) is 42.3 Å². The van der Waals surface area contributed by atoms with Gasteiger partial charge in [0, 0.05) is 13.1 Å². The number of benzene rings is 1. The van der Waals surface area contributed by atoms with Crippen LogP contribution in [0, 0.1) is 0 Å². The topological polar surface area (TPSA) is 73.1 Å². The van der Waals surface area contributed by atoms with Gasteiger partial charge < -0.3 is 9.64 Å². The Balaban J connectivity index is 1.73. The molecule has 1 atom stereocenters. The highest BCUT2D eigenvalue weighted by Crippen LogP contribution is 2.29. The lowest BCUT2D eigenvalue weighted by atomic mass is 9.94. The molecule has 140 valence electrons. The summed E-state index contributed by atoms with van der Waals surface area (Å²) in [5.41, 5.74) is 0.753. The zero-order valence-electron chi connectivity index (χ0n) is 15.5. The van der Waals surface area contributed by atoms with E-state index in [1.807, 2.05) is 43.1 Å². The van der Waals surface area contributed by atoms with Gasteiger partial charge in [0.15, 0.2) is 0 Å². The molecule has 1 heterocycles. The van der Waals surface area contributed by atoms with Crippen molar-refractivity contribution in [1.82, 2.24) is 25.1 Å². The normalized spacial score (nSPS) is 16.3. The van der Waals surface area contributed by atoms with Crippen molar-refractivity contribution in [3.05, 3.63) is 24.3 Å². The molecule has 0 spiro atoms. The van der Waals surface area contributed by atoms with Gasteiger partial charge in [0.25, 0.3) is 0 Å². The Morgan fingerprint density at radius 2 is 2.04 bits per heavy atom. The third-order valence-corrected chi connectivity index (χ3v) is 5.87. The summed E-state index contributed by atoms with van der Waals surface area (Å²) >= 11 is 1.37. The summed E-state index contributed by atoms with van der Waals surface area (Å²) in [5.74, 6) is 0.802. The summed E-state index contributed by atoms with van der Waals surface area (Å²) in [6.07, 6.45) is 5.87. The largest absolute Gasteiger partial charge is 0.494 e. The van der Waals surface area contributed by atoms with Crippen LogP contribution in [-0.4, -0.2) is 56.5 Å². The Morgan fingerprint density at radius 3 is 2.77 bits per heavy atom. The monoisotopic (exact) mass is 375 g/mol. The van der Waals surface area contributed by atoms with Gasteiger partial charge in [0.1, 0.15) is 11.4 Å². The second kappa shape index (κ2) is 8.53. The SMILES string of the molecule is COc1ccccc1-n1nnnc1S[C@@H](C)C(=O)N(C)C1CCCCC1. The molecule has 0 N–H and O–H groups in total. The van der Waals surface area contributed by atoms with E-state index in [1.54, 1.807) is 11.8 Å². The maximum absolute atomic E-state index is 12.8. The lowest BCUT2D eigenvalue weighted by molar-refractivity contribution is -0.131. The molecule has 2 aromatic rings. The first-order valence-corrected chi connectivity index (χ1v) is 9.85. The fourth-order valence-electron chi connectivity index (χ4n) is 3.35. The molecule has 8 heteroatoms. The van der Waals surface area contributed by atoms with Crippen LogP contribution >= 0.6 is 11.8 Å². The van der Waals surface area contributed by atoms with Gasteiger partial charge in [0.05, 0.1) is 12.4 Å². The molecular weight excluding hydrogens is 350 g/mol. The number of amides is 1. The first-order chi connectivity index (χ1) is 12.6. The Bertz CT molecular complexity index is 745. The Morgan fingerprint density at radius 1 is 1.31 bits per heavy atom. The summed E-state index contributed by atoms with van der Waals surface area (Å²) in [7, 11) is 3.53. The van der Waals surface area contributed by atoms with E-state index in [0.717, 1.165) is 18.5 Å². The molecule has 1 saturated carbocycles. The van der Waals surface area contributed by atoms with Crippen molar-refractivity contribution >= 4 is 17.7 Å². The maximum Gasteiger partial charge on any atom is 0.235 e. The molecule has 0 saturated heterocycles. The van der Waals surface area contributed by atoms with E-state index in [4.69, 9.17) is 4.74 Å². The Hall–Kier alpha value is -2.09. The molecule has 1 amide bonds. The molecule has 1 fully saturated rings. The zero-order chi connectivity index (χ0) is 18.5. The number of methoxy groups -OCH3 is 1. The van der Waals surface area contributed by atoms with Crippen LogP contribution in [0.15, 0.2) is 29.4 Å². The van der Waals surface area contributed by atoms with E-state index in [-0.39, 0.29) is 11.2 Å². The van der Waals surface area contributed by atoms with Crippen molar-refractivity contribution in [2.75, 3.05) is 14.2 Å². The van der Waals surface area contributed by atoms with Gasteiger partial charge in [-0.15, -0.1) is 5.10 Å². The molecule has 1 aromatic carbocycles. The van der Waals surface area contributed by atoms with E-state index in [1.165, 1.54) is 31.0 Å². The van der Waals surface area contributed by atoms with Crippen LogP contribution in [0.5, 0.6) is 5.75 Å². The minimum atomic E-state index is -0.263. The molecule has 0 bridgehead atoms. The number of rotatable bonds is 6. The molecule has 3 rings (SSSR count). The molecule has 0 radical (unpaired) electrons. The first-order valence-electron chi connectivity index (χ1n) is 8.97. The fourth-order valence-corrected chi connectivity index (χ4v) is 4.25. The van der Waals surface area contributed by atoms with Crippen LogP contribution in [0.4, 0.5) is 0 Å². The van der Waals surface area contributed by atoms with Gasteiger partial charge in [-0.2, -0.15) is 4.68 Å². The van der Waals surface area contributed by atoms with Crippen LogP contribution in [-0.2, 0) is 4.79 Å². The molecular formula is C18H25N5O2S. The van der Waals surface area contributed by atoms with E-state index in [9.17, 15) is 4.79 Å². The zero-order valence-corrected chi connectivity index (χ0v) is 16.3. The molecule has 1 aliphatic carbocycles. The standard InChI is InChI=1S/C18H25N5O2S/c1-13(17(24)22(2)14-9-5-4-6-10-14)26-18-19-20-21-23(18)15-11-7-8-12-16(15)25-3/h7-8,11-14H,4-6,9-10H2,1-3H3/t13-/m0/s1. The number of ether oxygens (including phenoxy) is 1. The minimum Gasteiger partial charge on any atom is -0.494 e. The highest BCUT2D eigenvalue weighted by Gasteiger charge is 2.27. The Kier molecular flexibility index (Phi) is 6.13. The number of para-hydroxylation sites is 2. The van der Waals surface area contributed by atoms with Crippen molar-refractivity contribution in [3.63, 3.8) is 0 Å². The van der Waals surface area contributed by atoms with E-state index < -0.39 is 0 Å². The van der Waals surface area contributed by atoms with E-state index >= 15 is 0 Å². The number of nitrogens with zero attached hydrogens (tertiary/aromatic N) is 5. The molecule has 7 nitrogen and oxygen atoms in total. The number of carbonyl (C=O) groups is 1. The van der Waals surface area contributed by atoms with Crippen molar-refractivity contribution in [3.8, 4) is 11.4 Å².